The van der Waals surface area contributed by atoms with Crippen molar-refractivity contribution in [3.8, 4) is 23.0 Å². The van der Waals surface area contributed by atoms with Crippen molar-refractivity contribution in [2.24, 2.45) is 0 Å². The molecule has 0 amide bonds. The summed E-state index contributed by atoms with van der Waals surface area (Å²) in [4.78, 5) is 17.9. The lowest BCUT2D eigenvalue weighted by molar-refractivity contribution is 0.0725. The van der Waals surface area contributed by atoms with Crippen LogP contribution in [-0.4, -0.2) is 39.3 Å². The highest BCUT2D eigenvalue weighted by Crippen LogP contribution is 2.56. The number of aryl methyl sites for hydroxylation is 4. The molecule has 0 bridgehead atoms. The predicted molar refractivity (Wildman–Crippen MR) is 238 cm³/mol. The van der Waals surface area contributed by atoms with Crippen LogP contribution in [0.2, 0.25) is 5.02 Å². The second-order valence-corrected chi connectivity index (χ2v) is 20.1. The van der Waals surface area contributed by atoms with Gasteiger partial charge in [0.15, 0.2) is 12.7 Å². The van der Waals surface area contributed by atoms with Crippen LogP contribution in [0.25, 0.3) is 0 Å². The van der Waals surface area contributed by atoms with Crippen molar-refractivity contribution in [1.29, 1.82) is 0 Å². The number of phenols is 2. The van der Waals surface area contributed by atoms with Gasteiger partial charge in [-0.25, -0.2) is 0 Å². The molecular weight excluding hydrogens is 822 g/mol. The van der Waals surface area contributed by atoms with E-state index in [0.717, 1.165) is 68.5 Å². The Morgan fingerprint density at radius 1 is 0.733 bits per heavy atom. The van der Waals surface area contributed by atoms with Gasteiger partial charge in [-0.2, -0.15) is 0 Å². The molecule has 60 heavy (non-hydrogen) atoms. The molecule has 322 valence electrons. The standard InChI is InChI=1S/C28H32ClO5P.C19H25O5P/c1-18(2)25-14-21(8-9-27(25)30)15-26-19(3)12-24(13-20(26)4)32-17-35(31)33-11-10-28(34-35)22-6-5-7-23(29)16-22;1-12(2)17-9-15(5-6-19(17)20)10-18-13(3)7-16(8-14(18)4)24-11-25(21,22)23/h5-9,12-14,16,18,28,30H,10-11,15,17H2,1-4H3;5-9,12,20H,10-11H2,1-4H3,(H2,21,22,23)/t28-,35+;/m0./s1. The molecule has 5 aromatic carbocycles. The van der Waals surface area contributed by atoms with Gasteiger partial charge in [-0.15, -0.1) is 0 Å². The molecule has 0 aromatic heterocycles. The van der Waals surface area contributed by atoms with Crippen LogP contribution >= 0.6 is 26.8 Å². The molecule has 1 fully saturated rings. The van der Waals surface area contributed by atoms with Gasteiger partial charge in [-0.05, 0) is 162 Å². The minimum Gasteiger partial charge on any atom is -0.508 e. The zero-order chi connectivity index (χ0) is 43.9. The summed E-state index contributed by atoms with van der Waals surface area (Å²) in [5, 5.41) is 20.7. The van der Waals surface area contributed by atoms with E-state index in [-0.39, 0.29) is 24.3 Å². The molecule has 0 saturated carbocycles. The Bertz CT molecular complexity index is 2340. The van der Waals surface area contributed by atoms with Gasteiger partial charge in [0, 0.05) is 11.4 Å². The molecule has 2 atom stereocenters. The van der Waals surface area contributed by atoms with E-state index in [1.165, 1.54) is 5.56 Å². The van der Waals surface area contributed by atoms with Crippen LogP contribution in [0.5, 0.6) is 23.0 Å². The van der Waals surface area contributed by atoms with Crippen LogP contribution in [0.15, 0.2) is 84.9 Å². The van der Waals surface area contributed by atoms with E-state index in [0.29, 0.717) is 41.0 Å². The SMILES string of the molecule is Cc1cc(OCP(=O)(O)O)cc(C)c1Cc1ccc(O)c(C(C)C)c1.Cc1cc(OC[P@@]2(=O)OCC[C@@H](c3cccc(Cl)c3)O2)cc(C)c1Cc1ccc(O)c(C(C)C)c1. The van der Waals surface area contributed by atoms with Crippen LogP contribution < -0.4 is 9.47 Å². The Morgan fingerprint density at radius 2 is 1.22 bits per heavy atom. The van der Waals surface area contributed by atoms with E-state index in [9.17, 15) is 19.3 Å². The molecule has 10 nitrogen and oxygen atoms in total. The first-order valence-corrected chi connectivity index (χ1v) is 23.9. The van der Waals surface area contributed by atoms with Crippen molar-refractivity contribution in [3.05, 3.63) is 151 Å². The van der Waals surface area contributed by atoms with Crippen LogP contribution in [-0.2, 0) is 31.0 Å². The smallest absolute Gasteiger partial charge is 0.368 e. The lowest BCUT2D eigenvalue weighted by Crippen LogP contribution is -2.17. The molecule has 0 radical (unpaired) electrons. The van der Waals surface area contributed by atoms with Crippen molar-refractivity contribution < 1.29 is 47.7 Å². The number of hydrogen-bond acceptors (Lipinski definition) is 8. The molecule has 1 aliphatic heterocycles. The van der Waals surface area contributed by atoms with Gasteiger partial charge < -0.3 is 34.0 Å². The number of phenolic OH excluding ortho intramolecular Hbond substituents is 2. The topological polar surface area (TPSA) is 152 Å². The van der Waals surface area contributed by atoms with Crippen molar-refractivity contribution in [3.63, 3.8) is 0 Å². The number of hydrogen-bond donors (Lipinski definition) is 4. The molecule has 1 heterocycles. The summed E-state index contributed by atoms with van der Waals surface area (Å²) in [6.07, 6.45) is 0.954. The number of halogens is 1. The molecule has 5 aromatic rings. The highest BCUT2D eigenvalue weighted by molar-refractivity contribution is 7.53. The molecule has 6 rings (SSSR count). The van der Waals surface area contributed by atoms with Gasteiger partial charge in [-0.1, -0.05) is 75.7 Å². The number of rotatable bonds is 13. The van der Waals surface area contributed by atoms with E-state index in [4.69, 9.17) is 39.9 Å². The molecular formula is C47H57ClO10P2. The Morgan fingerprint density at radius 3 is 1.67 bits per heavy atom. The second-order valence-electron chi connectivity index (χ2n) is 16.1. The van der Waals surface area contributed by atoms with Gasteiger partial charge in [-0.3, -0.25) is 13.7 Å². The maximum absolute atomic E-state index is 13.2. The fraction of sp³-hybridized carbons (Fsp3) is 0.362. The van der Waals surface area contributed by atoms with Gasteiger partial charge >= 0.3 is 15.2 Å². The molecule has 4 N–H and O–H groups in total. The number of ether oxygens (including phenoxy) is 2. The van der Waals surface area contributed by atoms with E-state index >= 15 is 0 Å². The van der Waals surface area contributed by atoms with E-state index in [1.807, 2.05) is 90.1 Å². The molecule has 0 aliphatic carbocycles. The maximum Gasteiger partial charge on any atom is 0.368 e. The quantitative estimate of drug-likeness (QED) is 0.0841. The largest absolute Gasteiger partial charge is 0.508 e. The van der Waals surface area contributed by atoms with Crippen molar-refractivity contribution in [2.45, 2.75) is 92.6 Å². The van der Waals surface area contributed by atoms with Gasteiger partial charge in [0.05, 0.1) is 12.7 Å². The predicted octanol–water partition coefficient (Wildman–Crippen LogP) is 12.3. The molecule has 1 aliphatic rings. The molecule has 1 saturated heterocycles. The summed E-state index contributed by atoms with van der Waals surface area (Å²) in [6.45, 7) is 16.6. The zero-order valence-corrected chi connectivity index (χ0v) is 38.1. The van der Waals surface area contributed by atoms with Crippen molar-refractivity contribution >= 4 is 26.8 Å². The lowest BCUT2D eigenvalue weighted by atomic mass is 9.93. The fourth-order valence-corrected chi connectivity index (χ4v) is 9.30. The average molecular weight is 879 g/mol. The Labute approximate surface area is 359 Å². The van der Waals surface area contributed by atoms with Gasteiger partial charge in [0.1, 0.15) is 23.0 Å². The zero-order valence-electron chi connectivity index (χ0n) is 35.6. The summed E-state index contributed by atoms with van der Waals surface area (Å²) in [6, 6.07) is 26.4. The van der Waals surface area contributed by atoms with Crippen LogP contribution in [0.1, 0.15) is 113 Å². The van der Waals surface area contributed by atoms with Crippen molar-refractivity contribution in [1.82, 2.24) is 0 Å². The Balaban J connectivity index is 0.000000241. The maximum atomic E-state index is 13.2. The Kier molecular flexibility index (Phi) is 15.8. The average Bonchev–Trinajstić information content (AvgIpc) is 3.17. The summed E-state index contributed by atoms with van der Waals surface area (Å²) < 4.78 is 46.7. The van der Waals surface area contributed by atoms with Crippen LogP contribution in [0.4, 0.5) is 0 Å². The van der Waals surface area contributed by atoms with E-state index in [2.05, 4.69) is 19.9 Å². The lowest BCUT2D eigenvalue weighted by Gasteiger charge is -2.30. The third kappa shape index (κ3) is 13.0. The fourth-order valence-electron chi connectivity index (χ4n) is 7.28. The third-order valence-electron chi connectivity index (χ3n) is 10.5. The Hall–Kier alpha value is -4.11. The summed E-state index contributed by atoms with van der Waals surface area (Å²) >= 11 is 6.11. The monoisotopic (exact) mass is 878 g/mol. The van der Waals surface area contributed by atoms with Crippen LogP contribution in [0.3, 0.4) is 0 Å². The third-order valence-corrected chi connectivity index (χ3v) is 12.8. The minimum absolute atomic E-state index is 0.155. The first kappa shape index (κ1) is 46.9. The number of aromatic hydroxyl groups is 2. The van der Waals surface area contributed by atoms with Gasteiger partial charge in [0.2, 0.25) is 0 Å². The summed E-state index contributed by atoms with van der Waals surface area (Å²) in [5.74, 6) is 2.22. The van der Waals surface area contributed by atoms with Crippen molar-refractivity contribution in [2.75, 3.05) is 19.3 Å². The highest BCUT2D eigenvalue weighted by atomic mass is 35.5. The molecule has 0 spiro atoms. The normalized spacial score (nSPS) is 16.7. The molecule has 0 unspecified atom stereocenters. The summed E-state index contributed by atoms with van der Waals surface area (Å²) in [7, 11) is -7.61. The van der Waals surface area contributed by atoms with E-state index < -0.39 is 21.5 Å². The first-order valence-electron chi connectivity index (χ1n) is 20.0. The van der Waals surface area contributed by atoms with Crippen LogP contribution in [0, 0.1) is 27.7 Å². The van der Waals surface area contributed by atoms with E-state index in [1.54, 1.807) is 30.3 Å². The van der Waals surface area contributed by atoms with Gasteiger partial charge in [0.25, 0.3) is 0 Å². The number of benzene rings is 5. The summed E-state index contributed by atoms with van der Waals surface area (Å²) in [5.41, 5.74) is 11.5. The molecule has 13 heteroatoms. The first-order chi connectivity index (χ1) is 28.2. The second kappa shape index (κ2) is 20.2. The minimum atomic E-state index is -4.19. The highest BCUT2D eigenvalue weighted by Gasteiger charge is 2.35.